The van der Waals surface area contributed by atoms with Gasteiger partial charge in [-0.2, -0.15) is 9.57 Å². The van der Waals surface area contributed by atoms with E-state index in [9.17, 15) is 13.7 Å². The van der Waals surface area contributed by atoms with Crippen LogP contribution in [0.1, 0.15) is 30.1 Å². The van der Waals surface area contributed by atoms with Gasteiger partial charge in [0, 0.05) is 44.5 Å². The molecule has 0 spiro atoms. The Labute approximate surface area is 168 Å². The Morgan fingerprint density at radius 3 is 2.55 bits per heavy atom. The van der Waals surface area contributed by atoms with Crippen LogP contribution in [-0.4, -0.2) is 58.5 Å². The summed E-state index contributed by atoms with van der Waals surface area (Å²) in [6.07, 6.45) is 5.90. The predicted molar refractivity (Wildman–Crippen MR) is 105 cm³/mol. The molecular weight excluding hydrogens is 390 g/mol. The molecule has 0 N–H and O–H groups in total. The topological polar surface area (TPSA) is 107 Å². The molecule has 29 heavy (non-hydrogen) atoms. The average Bonchev–Trinajstić information content (AvgIpc) is 3.51. The van der Waals surface area contributed by atoms with Crippen LogP contribution in [0.15, 0.2) is 41.6 Å². The van der Waals surface area contributed by atoms with E-state index in [4.69, 9.17) is 0 Å². The van der Waals surface area contributed by atoms with Crippen LogP contribution >= 0.6 is 0 Å². The number of anilines is 1. The maximum Gasteiger partial charge on any atom is 0.244 e. The lowest BCUT2D eigenvalue weighted by Crippen LogP contribution is -2.49. The zero-order chi connectivity index (χ0) is 20.0. The highest BCUT2D eigenvalue weighted by Gasteiger charge is 2.33. The van der Waals surface area contributed by atoms with E-state index in [0.717, 1.165) is 24.5 Å². The molecule has 0 atom stereocenters. The minimum Gasteiger partial charge on any atom is -0.351 e. The number of nitrogens with zero attached hydrogens (tertiary/aromatic N) is 7. The van der Waals surface area contributed by atoms with E-state index in [-0.39, 0.29) is 10.5 Å². The van der Waals surface area contributed by atoms with Crippen molar-refractivity contribution in [2.75, 3.05) is 31.1 Å². The van der Waals surface area contributed by atoms with Crippen molar-refractivity contribution in [2.24, 2.45) is 0 Å². The van der Waals surface area contributed by atoms with Crippen LogP contribution in [0.25, 0.3) is 5.65 Å². The molecule has 3 aromatic rings. The Bertz CT molecular complexity index is 1220. The van der Waals surface area contributed by atoms with Gasteiger partial charge in [0.2, 0.25) is 15.7 Å². The van der Waals surface area contributed by atoms with Crippen LogP contribution in [0.3, 0.4) is 0 Å². The SMILES string of the molecule is N#Cc1ccccc1S(=O)(=O)N1CCN(c2nccn3c(C4CC4)nnc23)CC1. The van der Waals surface area contributed by atoms with Crippen molar-refractivity contribution in [3.63, 3.8) is 0 Å². The van der Waals surface area contributed by atoms with E-state index in [1.54, 1.807) is 18.3 Å². The van der Waals surface area contributed by atoms with Crippen molar-refractivity contribution in [2.45, 2.75) is 23.7 Å². The number of sulfonamides is 1. The second-order valence-corrected chi connectivity index (χ2v) is 9.18. The molecular formula is C19H19N7O2S. The summed E-state index contributed by atoms with van der Waals surface area (Å²) in [7, 11) is -3.72. The van der Waals surface area contributed by atoms with Crippen molar-refractivity contribution in [3.05, 3.63) is 48.0 Å². The fraction of sp³-hybridized carbons (Fsp3) is 0.368. The second-order valence-electron chi connectivity index (χ2n) is 7.28. The smallest absolute Gasteiger partial charge is 0.244 e. The van der Waals surface area contributed by atoms with E-state index in [0.29, 0.717) is 37.7 Å². The van der Waals surface area contributed by atoms with Crippen molar-refractivity contribution in [1.29, 1.82) is 5.26 Å². The third-order valence-corrected chi connectivity index (χ3v) is 7.40. The fourth-order valence-electron chi connectivity index (χ4n) is 3.74. The first kappa shape index (κ1) is 18.0. The summed E-state index contributed by atoms with van der Waals surface area (Å²) in [6, 6.07) is 8.28. The number of piperazine rings is 1. The summed E-state index contributed by atoms with van der Waals surface area (Å²) in [4.78, 5) is 6.59. The Hall–Kier alpha value is -3.03. The molecule has 0 unspecified atom stereocenters. The highest BCUT2D eigenvalue weighted by molar-refractivity contribution is 7.89. The molecule has 10 heteroatoms. The third kappa shape index (κ3) is 3.03. The number of fused-ring (bicyclic) bond motifs is 1. The van der Waals surface area contributed by atoms with E-state index >= 15 is 0 Å². The lowest BCUT2D eigenvalue weighted by molar-refractivity contribution is 0.384. The van der Waals surface area contributed by atoms with Gasteiger partial charge in [-0.3, -0.25) is 4.40 Å². The lowest BCUT2D eigenvalue weighted by atomic mass is 10.2. The maximum atomic E-state index is 13.0. The van der Waals surface area contributed by atoms with Gasteiger partial charge in [-0.25, -0.2) is 13.4 Å². The fourth-order valence-corrected chi connectivity index (χ4v) is 5.30. The minimum atomic E-state index is -3.72. The number of hydrogen-bond donors (Lipinski definition) is 0. The molecule has 0 bridgehead atoms. The zero-order valence-corrected chi connectivity index (χ0v) is 16.5. The number of benzene rings is 1. The summed E-state index contributed by atoms with van der Waals surface area (Å²) in [5.74, 6) is 2.17. The van der Waals surface area contributed by atoms with Crippen LogP contribution in [0.4, 0.5) is 5.82 Å². The molecule has 2 fully saturated rings. The zero-order valence-electron chi connectivity index (χ0n) is 15.6. The molecule has 148 valence electrons. The first-order valence-electron chi connectivity index (χ1n) is 9.53. The van der Waals surface area contributed by atoms with Crippen LogP contribution < -0.4 is 4.90 Å². The van der Waals surface area contributed by atoms with E-state index < -0.39 is 10.0 Å². The first-order valence-corrected chi connectivity index (χ1v) is 11.0. The molecule has 9 nitrogen and oxygen atoms in total. The Morgan fingerprint density at radius 1 is 1.07 bits per heavy atom. The molecule has 1 aliphatic heterocycles. The summed E-state index contributed by atoms with van der Waals surface area (Å²) in [5, 5.41) is 17.9. The molecule has 1 saturated carbocycles. The van der Waals surface area contributed by atoms with Gasteiger partial charge < -0.3 is 4.90 Å². The van der Waals surface area contributed by atoms with E-state index in [1.807, 2.05) is 21.6 Å². The van der Waals surface area contributed by atoms with Gasteiger partial charge in [0.15, 0.2) is 5.82 Å². The van der Waals surface area contributed by atoms with Gasteiger partial charge in [-0.15, -0.1) is 10.2 Å². The highest BCUT2D eigenvalue weighted by atomic mass is 32.2. The van der Waals surface area contributed by atoms with Crippen molar-refractivity contribution in [1.82, 2.24) is 23.9 Å². The van der Waals surface area contributed by atoms with Gasteiger partial charge in [0.05, 0.1) is 10.5 Å². The minimum absolute atomic E-state index is 0.0581. The molecule has 1 aliphatic carbocycles. The van der Waals surface area contributed by atoms with Gasteiger partial charge >= 0.3 is 0 Å². The highest BCUT2D eigenvalue weighted by Crippen LogP contribution is 2.39. The molecule has 3 heterocycles. The first-order chi connectivity index (χ1) is 14.1. The van der Waals surface area contributed by atoms with E-state index in [2.05, 4.69) is 15.2 Å². The van der Waals surface area contributed by atoms with Crippen molar-refractivity contribution in [3.8, 4) is 6.07 Å². The van der Waals surface area contributed by atoms with Gasteiger partial charge in [0.25, 0.3) is 0 Å². The normalized spacial score (nSPS) is 18.1. The molecule has 0 amide bonds. The summed E-state index contributed by atoms with van der Waals surface area (Å²) in [6.45, 7) is 1.61. The summed E-state index contributed by atoms with van der Waals surface area (Å²) >= 11 is 0. The summed E-state index contributed by atoms with van der Waals surface area (Å²) in [5.41, 5.74) is 0.873. The molecule has 5 rings (SSSR count). The van der Waals surface area contributed by atoms with E-state index in [1.165, 1.54) is 16.4 Å². The maximum absolute atomic E-state index is 13.0. The molecule has 1 aromatic carbocycles. The van der Waals surface area contributed by atoms with Crippen molar-refractivity contribution >= 4 is 21.5 Å². The van der Waals surface area contributed by atoms with Crippen LogP contribution in [0, 0.1) is 11.3 Å². The largest absolute Gasteiger partial charge is 0.351 e. The number of nitriles is 1. The Morgan fingerprint density at radius 2 is 1.83 bits per heavy atom. The van der Waals surface area contributed by atoms with Crippen LogP contribution in [-0.2, 0) is 10.0 Å². The Balaban J connectivity index is 1.38. The lowest BCUT2D eigenvalue weighted by Gasteiger charge is -2.34. The number of aromatic nitrogens is 4. The van der Waals surface area contributed by atoms with Gasteiger partial charge in [0.1, 0.15) is 11.9 Å². The molecule has 1 saturated heterocycles. The van der Waals surface area contributed by atoms with Crippen LogP contribution in [0.5, 0.6) is 0 Å². The predicted octanol–water partition coefficient (Wildman–Crippen LogP) is 1.38. The van der Waals surface area contributed by atoms with Gasteiger partial charge in [-0.1, -0.05) is 12.1 Å². The molecule has 2 aromatic heterocycles. The standard InChI is InChI=1S/C19H19N7O2S/c20-13-15-3-1-2-4-16(15)29(27,28)25-11-9-24(10-12-25)18-19-23-22-17(14-5-6-14)26(19)8-7-21-18/h1-4,7-8,14H,5-6,9-12H2. The molecule has 0 radical (unpaired) electrons. The van der Waals surface area contributed by atoms with Gasteiger partial charge in [-0.05, 0) is 25.0 Å². The number of rotatable bonds is 4. The van der Waals surface area contributed by atoms with Crippen molar-refractivity contribution < 1.29 is 8.42 Å². The Kier molecular flexibility index (Phi) is 4.22. The number of hydrogen-bond acceptors (Lipinski definition) is 7. The molecule has 2 aliphatic rings. The summed E-state index contributed by atoms with van der Waals surface area (Å²) < 4.78 is 29.5. The quantitative estimate of drug-likeness (QED) is 0.641. The second kappa shape index (κ2) is 6.79. The third-order valence-electron chi connectivity index (χ3n) is 5.44. The average molecular weight is 409 g/mol. The monoisotopic (exact) mass is 409 g/mol. The van der Waals surface area contributed by atoms with Crippen LogP contribution in [0.2, 0.25) is 0 Å².